The largest absolute Gasteiger partial charge is 0.497 e. The van der Waals surface area contributed by atoms with E-state index in [1.165, 1.54) is 0 Å². The number of piperazine rings is 1. The number of carbonyl (C=O) groups excluding carboxylic acids is 3. The van der Waals surface area contributed by atoms with E-state index in [0.29, 0.717) is 56.1 Å². The molecule has 2 aliphatic heterocycles. The number of benzene rings is 1. The van der Waals surface area contributed by atoms with Crippen LogP contribution in [0.25, 0.3) is 0 Å². The van der Waals surface area contributed by atoms with Gasteiger partial charge >= 0.3 is 0 Å². The Morgan fingerprint density at radius 1 is 1.27 bits per heavy atom. The van der Waals surface area contributed by atoms with Crippen LogP contribution < -0.4 is 10.1 Å². The third-order valence-electron chi connectivity index (χ3n) is 6.16. The standard InChI is InChI=1S/C23H33N3O4/c1-5-11-26-21(28)19(14-16(2)3)24-22(29)23(26)9-12-25(13-10-23)20(27)17-7-6-8-18(15-17)30-4/h6-8,15-16,19H,5,9-14H2,1-4H3,(H,24,29). The van der Waals surface area contributed by atoms with Crippen LogP contribution in [0.5, 0.6) is 5.75 Å². The van der Waals surface area contributed by atoms with Gasteiger partial charge in [0, 0.05) is 25.2 Å². The Labute approximate surface area is 178 Å². The van der Waals surface area contributed by atoms with Crippen molar-refractivity contribution in [2.75, 3.05) is 26.7 Å². The summed E-state index contributed by atoms with van der Waals surface area (Å²) in [5.41, 5.74) is -0.289. The lowest BCUT2D eigenvalue weighted by molar-refractivity contribution is -0.161. The lowest BCUT2D eigenvalue weighted by Gasteiger charge is -2.51. The molecule has 0 aromatic heterocycles. The monoisotopic (exact) mass is 415 g/mol. The average molecular weight is 416 g/mol. The van der Waals surface area contributed by atoms with Gasteiger partial charge < -0.3 is 19.9 Å². The Kier molecular flexibility index (Phi) is 6.68. The zero-order valence-electron chi connectivity index (χ0n) is 18.4. The van der Waals surface area contributed by atoms with Crippen molar-refractivity contribution >= 4 is 17.7 Å². The normalized spacial score (nSPS) is 21.2. The molecule has 2 aliphatic rings. The van der Waals surface area contributed by atoms with Crippen LogP contribution in [-0.4, -0.2) is 65.8 Å². The molecule has 2 fully saturated rings. The van der Waals surface area contributed by atoms with E-state index in [4.69, 9.17) is 4.74 Å². The van der Waals surface area contributed by atoms with Crippen LogP contribution in [-0.2, 0) is 9.59 Å². The molecule has 1 atom stereocenters. The maximum absolute atomic E-state index is 13.2. The number of rotatable bonds is 6. The van der Waals surface area contributed by atoms with E-state index in [-0.39, 0.29) is 17.7 Å². The highest BCUT2D eigenvalue weighted by atomic mass is 16.5. The first-order chi connectivity index (χ1) is 14.3. The highest BCUT2D eigenvalue weighted by Gasteiger charge is 2.53. The molecule has 30 heavy (non-hydrogen) atoms. The SMILES string of the molecule is CCCN1C(=O)C(CC(C)C)NC(=O)C12CCN(C(=O)c1cccc(OC)c1)CC2. The van der Waals surface area contributed by atoms with E-state index in [9.17, 15) is 14.4 Å². The van der Waals surface area contributed by atoms with Gasteiger partial charge in [-0.05, 0) is 49.8 Å². The number of nitrogens with zero attached hydrogens (tertiary/aromatic N) is 2. The summed E-state index contributed by atoms with van der Waals surface area (Å²) in [6.45, 7) is 7.56. The Hall–Kier alpha value is -2.57. The van der Waals surface area contributed by atoms with Gasteiger partial charge in [0.2, 0.25) is 11.8 Å². The summed E-state index contributed by atoms with van der Waals surface area (Å²) in [6, 6.07) is 6.64. The highest BCUT2D eigenvalue weighted by molar-refractivity contribution is 6.00. The molecular formula is C23H33N3O4. The van der Waals surface area contributed by atoms with Crippen molar-refractivity contribution in [3.8, 4) is 5.75 Å². The molecule has 0 aliphatic carbocycles. The van der Waals surface area contributed by atoms with Crippen molar-refractivity contribution in [1.29, 1.82) is 0 Å². The fourth-order valence-electron chi connectivity index (χ4n) is 4.57. The number of ether oxygens (including phenoxy) is 1. The van der Waals surface area contributed by atoms with Crippen LogP contribution in [0.4, 0.5) is 0 Å². The van der Waals surface area contributed by atoms with Gasteiger partial charge in [0.25, 0.3) is 5.91 Å². The number of carbonyl (C=O) groups is 3. The molecule has 1 spiro atoms. The van der Waals surface area contributed by atoms with E-state index in [0.717, 1.165) is 6.42 Å². The van der Waals surface area contributed by atoms with Crippen LogP contribution in [0, 0.1) is 5.92 Å². The minimum Gasteiger partial charge on any atom is -0.497 e. The molecule has 0 bridgehead atoms. The van der Waals surface area contributed by atoms with Crippen LogP contribution in [0.1, 0.15) is 56.8 Å². The first kappa shape index (κ1) is 22.1. The minimum atomic E-state index is -0.855. The van der Waals surface area contributed by atoms with Crippen molar-refractivity contribution in [2.24, 2.45) is 5.92 Å². The molecular weight excluding hydrogens is 382 g/mol. The minimum absolute atomic E-state index is 0.0118. The van der Waals surface area contributed by atoms with Crippen molar-refractivity contribution in [3.63, 3.8) is 0 Å². The molecule has 3 rings (SSSR count). The van der Waals surface area contributed by atoms with Gasteiger partial charge in [-0.15, -0.1) is 0 Å². The summed E-state index contributed by atoms with van der Waals surface area (Å²) in [4.78, 5) is 42.9. The van der Waals surface area contributed by atoms with Crippen LogP contribution in [0.2, 0.25) is 0 Å². The van der Waals surface area contributed by atoms with Gasteiger partial charge in [0.1, 0.15) is 17.3 Å². The molecule has 1 N–H and O–H groups in total. The first-order valence-corrected chi connectivity index (χ1v) is 10.9. The molecule has 7 heteroatoms. The lowest BCUT2D eigenvalue weighted by atomic mass is 9.80. The number of methoxy groups -OCH3 is 1. The molecule has 2 saturated heterocycles. The number of hydrogen-bond donors (Lipinski definition) is 1. The molecule has 1 aromatic carbocycles. The molecule has 0 saturated carbocycles. The molecule has 3 amide bonds. The van der Waals surface area contributed by atoms with Crippen molar-refractivity contribution in [3.05, 3.63) is 29.8 Å². The topological polar surface area (TPSA) is 79.0 Å². The van der Waals surface area contributed by atoms with E-state index in [2.05, 4.69) is 19.2 Å². The molecule has 2 heterocycles. The van der Waals surface area contributed by atoms with E-state index in [1.54, 1.807) is 41.2 Å². The number of amides is 3. The summed E-state index contributed by atoms with van der Waals surface area (Å²) >= 11 is 0. The third kappa shape index (κ3) is 4.16. The van der Waals surface area contributed by atoms with Crippen LogP contribution in [0.15, 0.2) is 24.3 Å². The Bertz CT molecular complexity index is 799. The first-order valence-electron chi connectivity index (χ1n) is 10.9. The fraction of sp³-hybridized carbons (Fsp3) is 0.609. The second-order valence-corrected chi connectivity index (χ2v) is 8.70. The van der Waals surface area contributed by atoms with Crippen molar-refractivity contribution in [2.45, 2.75) is 58.0 Å². The van der Waals surface area contributed by atoms with Gasteiger partial charge in [-0.2, -0.15) is 0 Å². The summed E-state index contributed by atoms with van der Waals surface area (Å²) < 4.78 is 5.22. The number of hydrogen-bond acceptors (Lipinski definition) is 4. The molecule has 1 aromatic rings. The molecule has 0 radical (unpaired) electrons. The van der Waals surface area contributed by atoms with E-state index in [1.807, 2.05) is 6.92 Å². The zero-order valence-corrected chi connectivity index (χ0v) is 18.4. The maximum Gasteiger partial charge on any atom is 0.253 e. The number of nitrogens with one attached hydrogen (secondary N) is 1. The van der Waals surface area contributed by atoms with Crippen LogP contribution >= 0.6 is 0 Å². The summed E-state index contributed by atoms with van der Waals surface area (Å²) in [5.74, 6) is 0.814. The second-order valence-electron chi connectivity index (χ2n) is 8.70. The van der Waals surface area contributed by atoms with E-state index < -0.39 is 11.6 Å². The predicted octanol–water partition coefficient (Wildman–Crippen LogP) is 2.45. The predicted molar refractivity (Wildman–Crippen MR) is 114 cm³/mol. The number of piperidine rings is 1. The summed E-state index contributed by atoms with van der Waals surface area (Å²) in [5, 5.41) is 2.99. The van der Waals surface area contributed by atoms with Gasteiger partial charge in [-0.25, -0.2) is 0 Å². The van der Waals surface area contributed by atoms with Crippen molar-refractivity contribution < 1.29 is 19.1 Å². The van der Waals surface area contributed by atoms with Crippen molar-refractivity contribution in [1.82, 2.24) is 15.1 Å². The zero-order chi connectivity index (χ0) is 21.9. The van der Waals surface area contributed by atoms with Gasteiger partial charge in [-0.1, -0.05) is 26.8 Å². The van der Waals surface area contributed by atoms with Crippen LogP contribution in [0.3, 0.4) is 0 Å². The van der Waals surface area contributed by atoms with Gasteiger partial charge in [0.05, 0.1) is 7.11 Å². The molecule has 1 unspecified atom stereocenters. The molecule has 7 nitrogen and oxygen atoms in total. The number of likely N-dealkylation sites (tertiary alicyclic amines) is 1. The third-order valence-corrected chi connectivity index (χ3v) is 6.16. The Balaban J connectivity index is 1.76. The Morgan fingerprint density at radius 3 is 2.57 bits per heavy atom. The van der Waals surface area contributed by atoms with E-state index >= 15 is 0 Å². The quantitative estimate of drug-likeness (QED) is 0.774. The second kappa shape index (κ2) is 9.06. The maximum atomic E-state index is 13.2. The smallest absolute Gasteiger partial charge is 0.253 e. The average Bonchev–Trinajstić information content (AvgIpc) is 2.75. The highest BCUT2D eigenvalue weighted by Crippen LogP contribution is 2.34. The summed E-state index contributed by atoms with van der Waals surface area (Å²) in [7, 11) is 1.57. The summed E-state index contributed by atoms with van der Waals surface area (Å²) in [6.07, 6.45) is 2.34. The molecule has 164 valence electrons. The fourth-order valence-corrected chi connectivity index (χ4v) is 4.57. The Morgan fingerprint density at radius 2 is 1.97 bits per heavy atom. The lowest BCUT2D eigenvalue weighted by Crippen LogP contribution is -2.73. The van der Waals surface area contributed by atoms with Gasteiger partial charge in [-0.3, -0.25) is 14.4 Å². The van der Waals surface area contributed by atoms with Gasteiger partial charge in [0.15, 0.2) is 0 Å².